The van der Waals surface area contributed by atoms with Gasteiger partial charge in [-0.1, -0.05) is 17.7 Å². The minimum Gasteiger partial charge on any atom is -0.361 e. The highest BCUT2D eigenvalue weighted by atomic mass is 35.5. The fourth-order valence-electron chi connectivity index (χ4n) is 1.40. The second-order valence-corrected chi connectivity index (χ2v) is 3.86. The Labute approximate surface area is 99.5 Å². The van der Waals surface area contributed by atoms with Gasteiger partial charge in [0.25, 0.3) is 0 Å². The van der Waals surface area contributed by atoms with Crippen LogP contribution in [0.15, 0.2) is 42.7 Å². The molecule has 1 N–H and O–H groups in total. The summed E-state index contributed by atoms with van der Waals surface area (Å²) in [4.78, 5) is 8.44. The average Bonchev–Trinajstić information content (AvgIpc) is 2.33. The van der Waals surface area contributed by atoms with Gasteiger partial charge in [-0.25, -0.2) is 4.98 Å². The van der Waals surface area contributed by atoms with Crippen LogP contribution >= 0.6 is 11.6 Å². The van der Waals surface area contributed by atoms with Crippen LogP contribution in [-0.4, -0.2) is 9.97 Å². The summed E-state index contributed by atoms with van der Waals surface area (Å²) in [5.41, 5.74) is 0.962. The third-order valence-electron chi connectivity index (χ3n) is 2.24. The first kappa shape index (κ1) is 10.9. The molecule has 16 heavy (non-hydrogen) atoms. The molecule has 0 bridgehead atoms. The maximum atomic E-state index is 6.01. The van der Waals surface area contributed by atoms with Gasteiger partial charge >= 0.3 is 0 Å². The van der Waals surface area contributed by atoms with E-state index in [4.69, 9.17) is 11.6 Å². The normalized spacial score (nSPS) is 12.1. The fraction of sp³-hybridized carbons (Fsp3) is 0.167. The Morgan fingerprint density at radius 3 is 2.62 bits per heavy atom. The highest BCUT2D eigenvalue weighted by Crippen LogP contribution is 2.22. The first-order valence-corrected chi connectivity index (χ1v) is 5.43. The Morgan fingerprint density at radius 1 is 1.12 bits per heavy atom. The Balaban J connectivity index is 2.14. The van der Waals surface area contributed by atoms with E-state index in [-0.39, 0.29) is 6.04 Å². The molecule has 0 spiro atoms. The molecule has 2 heterocycles. The topological polar surface area (TPSA) is 37.8 Å². The van der Waals surface area contributed by atoms with Crippen molar-refractivity contribution in [3.05, 3.63) is 53.4 Å². The highest BCUT2D eigenvalue weighted by molar-refractivity contribution is 6.32. The number of rotatable bonds is 3. The Hall–Kier alpha value is -1.61. The zero-order valence-corrected chi connectivity index (χ0v) is 9.65. The summed E-state index contributed by atoms with van der Waals surface area (Å²) >= 11 is 6.01. The van der Waals surface area contributed by atoms with Crippen LogP contribution in [0.2, 0.25) is 5.02 Å². The molecule has 3 nitrogen and oxygen atoms in total. The van der Waals surface area contributed by atoms with E-state index < -0.39 is 0 Å². The van der Waals surface area contributed by atoms with Gasteiger partial charge in [0.1, 0.15) is 5.82 Å². The van der Waals surface area contributed by atoms with Crippen LogP contribution in [-0.2, 0) is 0 Å². The van der Waals surface area contributed by atoms with Crippen molar-refractivity contribution >= 4 is 17.4 Å². The van der Waals surface area contributed by atoms with Crippen molar-refractivity contribution in [2.75, 3.05) is 5.32 Å². The molecule has 0 aromatic carbocycles. The molecule has 1 atom stereocenters. The van der Waals surface area contributed by atoms with Crippen LogP contribution in [0, 0.1) is 0 Å². The number of nitrogens with one attached hydrogen (secondary N) is 1. The predicted octanol–water partition coefficient (Wildman–Crippen LogP) is 3.30. The van der Waals surface area contributed by atoms with E-state index in [1.807, 2.05) is 31.2 Å². The van der Waals surface area contributed by atoms with E-state index >= 15 is 0 Å². The standard InChI is InChI=1S/C12H12ClN3/c1-9(11-6-2-3-7-14-11)16-12-10(13)5-4-8-15-12/h2-9H,1H3,(H,15,16). The number of hydrogen-bond acceptors (Lipinski definition) is 3. The summed E-state index contributed by atoms with van der Waals surface area (Å²) in [6.07, 6.45) is 3.48. The smallest absolute Gasteiger partial charge is 0.145 e. The minimum atomic E-state index is 0.0774. The zero-order valence-electron chi connectivity index (χ0n) is 8.89. The molecule has 0 amide bonds. The number of aromatic nitrogens is 2. The van der Waals surface area contributed by atoms with Crippen molar-refractivity contribution in [1.29, 1.82) is 0 Å². The summed E-state index contributed by atoms with van der Waals surface area (Å²) in [7, 11) is 0. The summed E-state index contributed by atoms with van der Waals surface area (Å²) in [6.45, 7) is 2.02. The third kappa shape index (κ3) is 2.49. The number of hydrogen-bond donors (Lipinski definition) is 1. The molecule has 2 aromatic rings. The second-order valence-electron chi connectivity index (χ2n) is 3.45. The molecule has 4 heteroatoms. The SMILES string of the molecule is CC(Nc1ncccc1Cl)c1ccccn1. The van der Waals surface area contributed by atoms with E-state index in [9.17, 15) is 0 Å². The average molecular weight is 234 g/mol. The van der Waals surface area contributed by atoms with Crippen molar-refractivity contribution < 1.29 is 0 Å². The second kappa shape index (κ2) is 4.94. The fourth-order valence-corrected chi connectivity index (χ4v) is 1.58. The van der Waals surface area contributed by atoms with E-state index in [1.54, 1.807) is 18.5 Å². The van der Waals surface area contributed by atoms with Crippen molar-refractivity contribution in [1.82, 2.24) is 9.97 Å². The number of halogens is 1. The molecule has 0 fully saturated rings. The first-order chi connectivity index (χ1) is 7.77. The van der Waals surface area contributed by atoms with Gasteiger partial charge in [0, 0.05) is 12.4 Å². The third-order valence-corrected chi connectivity index (χ3v) is 2.55. The number of pyridine rings is 2. The van der Waals surface area contributed by atoms with Gasteiger partial charge in [-0.2, -0.15) is 0 Å². The quantitative estimate of drug-likeness (QED) is 0.884. The van der Waals surface area contributed by atoms with Crippen LogP contribution in [0.3, 0.4) is 0 Å². The summed E-state index contributed by atoms with van der Waals surface area (Å²) in [6, 6.07) is 9.51. The first-order valence-electron chi connectivity index (χ1n) is 5.05. The predicted molar refractivity (Wildman–Crippen MR) is 65.5 cm³/mol. The summed E-state index contributed by atoms with van der Waals surface area (Å²) < 4.78 is 0. The molecule has 0 aliphatic carbocycles. The molecule has 0 radical (unpaired) electrons. The van der Waals surface area contributed by atoms with Crippen LogP contribution in [0.5, 0.6) is 0 Å². The lowest BCUT2D eigenvalue weighted by atomic mass is 10.2. The van der Waals surface area contributed by atoms with Crippen LogP contribution in [0.1, 0.15) is 18.7 Å². The molecule has 0 aliphatic heterocycles. The summed E-state index contributed by atoms with van der Waals surface area (Å²) in [5.74, 6) is 0.683. The van der Waals surface area contributed by atoms with Gasteiger partial charge in [-0.15, -0.1) is 0 Å². The van der Waals surface area contributed by atoms with Crippen molar-refractivity contribution in [2.24, 2.45) is 0 Å². The monoisotopic (exact) mass is 233 g/mol. The van der Waals surface area contributed by atoms with Gasteiger partial charge in [0.15, 0.2) is 0 Å². The van der Waals surface area contributed by atoms with Gasteiger partial charge in [-0.3, -0.25) is 4.98 Å². The van der Waals surface area contributed by atoms with Crippen molar-refractivity contribution in [3.63, 3.8) is 0 Å². The maximum Gasteiger partial charge on any atom is 0.145 e. The van der Waals surface area contributed by atoms with Crippen molar-refractivity contribution in [3.8, 4) is 0 Å². The van der Waals surface area contributed by atoms with Gasteiger partial charge in [0.05, 0.1) is 16.8 Å². The Morgan fingerprint density at radius 2 is 1.94 bits per heavy atom. The molecule has 1 unspecified atom stereocenters. The molecule has 0 saturated heterocycles. The lowest BCUT2D eigenvalue weighted by Crippen LogP contribution is -2.09. The molecule has 2 rings (SSSR count). The largest absolute Gasteiger partial charge is 0.361 e. The molecular formula is C12H12ClN3. The zero-order chi connectivity index (χ0) is 11.4. The minimum absolute atomic E-state index is 0.0774. The molecule has 0 aliphatic rings. The molecule has 82 valence electrons. The summed E-state index contributed by atoms with van der Waals surface area (Å²) in [5, 5.41) is 3.84. The van der Waals surface area contributed by atoms with Crippen molar-refractivity contribution in [2.45, 2.75) is 13.0 Å². The Bertz CT molecular complexity index is 459. The lowest BCUT2D eigenvalue weighted by molar-refractivity contribution is 0.832. The molecule has 2 aromatic heterocycles. The highest BCUT2D eigenvalue weighted by Gasteiger charge is 2.08. The van der Waals surface area contributed by atoms with Crippen LogP contribution < -0.4 is 5.32 Å². The molecular weight excluding hydrogens is 222 g/mol. The number of anilines is 1. The Kier molecular flexibility index (Phi) is 3.37. The number of nitrogens with zero attached hydrogens (tertiary/aromatic N) is 2. The van der Waals surface area contributed by atoms with E-state index in [0.717, 1.165) is 5.69 Å². The van der Waals surface area contributed by atoms with E-state index in [1.165, 1.54) is 0 Å². The van der Waals surface area contributed by atoms with Crippen LogP contribution in [0.4, 0.5) is 5.82 Å². The van der Waals surface area contributed by atoms with Gasteiger partial charge < -0.3 is 5.32 Å². The van der Waals surface area contributed by atoms with E-state index in [2.05, 4.69) is 15.3 Å². The van der Waals surface area contributed by atoms with Crippen LogP contribution in [0.25, 0.3) is 0 Å². The maximum absolute atomic E-state index is 6.01. The van der Waals surface area contributed by atoms with Gasteiger partial charge in [0.2, 0.25) is 0 Å². The molecule has 0 saturated carbocycles. The lowest BCUT2D eigenvalue weighted by Gasteiger charge is -2.14. The van der Waals surface area contributed by atoms with E-state index in [0.29, 0.717) is 10.8 Å². The van der Waals surface area contributed by atoms with Gasteiger partial charge in [-0.05, 0) is 31.2 Å².